The minimum Gasteiger partial charge on any atom is -0.480 e. The molecule has 7 nitrogen and oxygen atoms in total. The number of carboxylic acids is 1. The molecule has 0 fully saturated rings. The quantitative estimate of drug-likeness (QED) is 0.211. The normalized spacial score (nSPS) is 12.2. The van der Waals surface area contributed by atoms with Crippen LogP contribution >= 0.6 is 34.5 Å². The highest BCUT2D eigenvalue weighted by molar-refractivity contribution is 7.20. The molecule has 0 radical (unpaired) electrons. The Hall–Kier alpha value is -3.69. The number of carbonyl (C=O) groups excluding carboxylic acids is 2. The zero-order chi connectivity index (χ0) is 27.1. The fourth-order valence-electron chi connectivity index (χ4n) is 3.48. The lowest BCUT2D eigenvalue weighted by molar-refractivity contribution is -0.143. The second-order valence-electron chi connectivity index (χ2n) is 8.20. The smallest absolute Gasteiger partial charge is 0.328 e. The molecule has 2 amide bonds. The van der Waals surface area contributed by atoms with Gasteiger partial charge in [0.25, 0.3) is 11.8 Å². The summed E-state index contributed by atoms with van der Waals surface area (Å²) in [6.07, 6.45) is 1.40. The molecule has 0 aliphatic rings. The van der Waals surface area contributed by atoms with Crippen molar-refractivity contribution in [2.45, 2.75) is 12.6 Å². The zero-order valence-electron chi connectivity index (χ0n) is 19.8. The first-order valence-electron chi connectivity index (χ1n) is 11.4. The first kappa shape index (κ1) is 27.3. The van der Waals surface area contributed by atoms with Crippen molar-refractivity contribution in [3.63, 3.8) is 0 Å². The van der Waals surface area contributed by atoms with Crippen LogP contribution in [0.15, 0.2) is 84.6 Å². The summed E-state index contributed by atoms with van der Waals surface area (Å²) in [6.45, 7) is -0.102. The van der Waals surface area contributed by atoms with Crippen LogP contribution in [0.2, 0.25) is 10.0 Å². The van der Waals surface area contributed by atoms with E-state index in [0.717, 1.165) is 15.6 Å². The predicted octanol–water partition coefficient (Wildman–Crippen LogP) is 5.77. The van der Waals surface area contributed by atoms with E-state index in [9.17, 15) is 19.5 Å². The average molecular weight is 569 g/mol. The summed E-state index contributed by atoms with van der Waals surface area (Å²) < 4.78 is 6.44. The van der Waals surface area contributed by atoms with Gasteiger partial charge in [-0.2, -0.15) is 0 Å². The van der Waals surface area contributed by atoms with E-state index in [0.29, 0.717) is 15.5 Å². The van der Waals surface area contributed by atoms with Crippen molar-refractivity contribution in [2.24, 2.45) is 0 Å². The van der Waals surface area contributed by atoms with Crippen molar-refractivity contribution in [2.75, 3.05) is 6.61 Å². The largest absolute Gasteiger partial charge is 0.480 e. The maximum absolute atomic E-state index is 13.2. The lowest BCUT2D eigenvalue weighted by atomic mass is 10.1. The van der Waals surface area contributed by atoms with Crippen LogP contribution in [0.5, 0.6) is 0 Å². The molecule has 0 unspecified atom stereocenters. The molecule has 194 valence electrons. The summed E-state index contributed by atoms with van der Waals surface area (Å²) in [4.78, 5) is 38.5. The molecule has 38 heavy (non-hydrogen) atoms. The highest BCUT2D eigenvalue weighted by Crippen LogP contribution is 2.26. The Morgan fingerprint density at radius 3 is 2.39 bits per heavy atom. The summed E-state index contributed by atoms with van der Waals surface area (Å²) in [5, 5.41) is 16.2. The van der Waals surface area contributed by atoms with Gasteiger partial charge in [0.2, 0.25) is 0 Å². The van der Waals surface area contributed by atoms with Gasteiger partial charge in [0.1, 0.15) is 5.70 Å². The third-order valence-corrected chi connectivity index (χ3v) is 7.25. The number of halogens is 2. The molecule has 0 saturated carbocycles. The highest BCUT2D eigenvalue weighted by Gasteiger charge is 2.24. The Labute approximate surface area is 232 Å². The van der Waals surface area contributed by atoms with Crippen LogP contribution in [0, 0.1) is 0 Å². The summed E-state index contributed by atoms with van der Waals surface area (Å²) >= 11 is 13.4. The molecule has 1 atom stereocenters. The predicted molar refractivity (Wildman–Crippen MR) is 149 cm³/mol. The number of fused-ring (bicyclic) bond motifs is 1. The molecule has 1 heterocycles. The zero-order valence-corrected chi connectivity index (χ0v) is 22.1. The van der Waals surface area contributed by atoms with Gasteiger partial charge in [0.15, 0.2) is 6.04 Å². The first-order chi connectivity index (χ1) is 18.3. The second-order valence-corrected chi connectivity index (χ2v) is 10.1. The highest BCUT2D eigenvalue weighted by atomic mass is 35.5. The van der Waals surface area contributed by atoms with Gasteiger partial charge in [-0.1, -0.05) is 77.8 Å². The number of carbonyl (C=O) groups is 3. The Morgan fingerprint density at radius 1 is 0.947 bits per heavy atom. The van der Waals surface area contributed by atoms with Gasteiger partial charge in [-0.05, 0) is 46.9 Å². The van der Waals surface area contributed by atoms with Gasteiger partial charge >= 0.3 is 5.97 Å². The van der Waals surface area contributed by atoms with E-state index in [1.807, 2.05) is 54.6 Å². The molecule has 10 heteroatoms. The molecule has 3 N–H and O–H groups in total. The van der Waals surface area contributed by atoms with E-state index in [1.54, 1.807) is 18.2 Å². The van der Waals surface area contributed by atoms with Crippen LogP contribution in [0.3, 0.4) is 0 Å². The number of hydrogen-bond donors (Lipinski definition) is 3. The molecule has 4 aromatic rings. The van der Waals surface area contributed by atoms with E-state index in [4.69, 9.17) is 27.9 Å². The molecule has 3 aromatic carbocycles. The van der Waals surface area contributed by atoms with Crippen molar-refractivity contribution in [3.8, 4) is 0 Å². The third kappa shape index (κ3) is 7.20. The number of amides is 2. The molecule has 0 aliphatic heterocycles. The topological polar surface area (TPSA) is 105 Å². The van der Waals surface area contributed by atoms with Gasteiger partial charge < -0.3 is 20.5 Å². The van der Waals surface area contributed by atoms with Crippen LogP contribution in [0.1, 0.15) is 20.8 Å². The van der Waals surface area contributed by atoms with Crippen LogP contribution in [-0.4, -0.2) is 35.5 Å². The van der Waals surface area contributed by atoms with E-state index in [1.165, 1.54) is 23.5 Å². The molecule has 1 aromatic heterocycles. The average Bonchev–Trinajstić information content (AvgIpc) is 3.35. The van der Waals surface area contributed by atoms with E-state index >= 15 is 0 Å². The maximum Gasteiger partial charge on any atom is 0.328 e. The minimum absolute atomic E-state index is 0.167. The Morgan fingerprint density at radius 2 is 1.68 bits per heavy atom. The van der Waals surface area contributed by atoms with Gasteiger partial charge in [-0.25, -0.2) is 4.79 Å². The molecular formula is C28H22Cl2N2O5S. The van der Waals surface area contributed by atoms with Gasteiger partial charge in [-0.15, -0.1) is 11.3 Å². The fraction of sp³-hybridized carbons (Fsp3) is 0.107. The van der Waals surface area contributed by atoms with Crippen molar-refractivity contribution < 1.29 is 24.2 Å². The number of benzene rings is 3. The first-order valence-corrected chi connectivity index (χ1v) is 13.0. The Balaban J connectivity index is 1.54. The van der Waals surface area contributed by atoms with Gasteiger partial charge in [0.05, 0.1) is 28.1 Å². The van der Waals surface area contributed by atoms with Gasteiger partial charge in [-0.3, -0.25) is 9.59 Å². The molecule has 4 rings (SSSR count). The number of thiophene rings is 1. The van der Waals surface area contributed by atoms with Crippen LogP contribution in [0.25, 0.3) is 16.2 Å². The SMILES string of the molecule is O=C(N[C@H](COCc1ccccc1)C(=O)O)C(=Cc1ccc(Cl)c(Cl)c1)NC(=O)c1cc2ccccc2s1. The summed E-state index contributed by atoms with van der Waals surface area (Å²) in [6, 6.07) is 21.8. The monoisotopic (exact) mass is 568 g/mol. The van der Waals surface area contributed by atoms with Crippen molar-refractivity contribution in [1.82, 2.24) is 10.6 Å². The van der Waals surface area contributed by atoms with Crippen molar-refractivity contribution in [1.29, 1.82) is 0 Å². The number of hydrogen-bond acceptors (Lipinski definition) is 5. The lowest BCUT2D eigenvalue weighted by Crippen LogP contribution is -2.46. The van der Waals surface area contributed by atoms with Crippen LogP contribution in [0.4, 0.5) is 0 Å². The van der Waals surface area contributed by atoms with Crippen LogP contribution < -0.4 is 10.6 Å². The number of carboxylic acid groups (broad SMARTS) is 1. The summed E-state index contributed by atoms with van der Waals surface area (Å²) in [5.41, 5.74) is 1.17. The Bertz CT molecular complexity index is 1470. The van der Waals surface area contributed by atoms with Crippen molar-refractivity contribution >= 4 is 68.5 Å². The lowest BCUT2D eigenvalue weighted by Gasteiger charge is -2.17. The van der Waals surface area contributed by atoms with E-state index < -0.39 is 23.8 Å². The standard InChI is InChI=1S/C28H22Cl2N2O5S/c29-20-11-10-18(12-21(20)30)13-22(31-27(34)25-14-19-8-4-5-9-24(19)38-25)26(33)32-23(28(35)36)16-37-15-17-6-2-1-3-7-17/h1-14,23H,15-16H2,(H,31,34)(H,32,33)(H,35,36)/t23-/m1/s1. The number of nitrogens with one attached hydrogen (secondary N) is 2. The molecule has 0 aliphatic carbocycles. The molecule has 0 spiro atoms. The summed E-state index contributed by atoms with van der Waals surface area (Å²) in [7, 11) is 0. The summed E-state index contributed by atoms with van der Waals surface area (Å²) in [5.74, 6) is -2.60. The fourth-order valence-corrected chi connectivity index (χ4v) is 4.75. The van der Waals surface area contributed by atoms with E-state index in [-0.39, 0.29) is 23.9 Å². The number of ether oxygens (including phenoxy) is 1. The Kier molecular flexibility index (Phi) is 9.15. The maximum atomic E-state index is 13.2. The van der Waals surface area contributed by atoms with Crippen LogP contribution in [-0.2, 0) is 20.9 Å². The molecular weight excluding hydrogens is 547 g/mol. The number of rotatable bonds is 10. The second kappa shape index (κ2) is 12.7. The number of aliphatic carboxylic acids is 1. The molecule has 0 bridgehead atoms. The van der Waals surface area contributed by atoms with Crippen molar-refractivity contribution in [3.05, 3.63) is 111 Å². The molecule has 0 saturated heterocycles. The van der Waals surface area contributed by atoms with E-state index in [2.05, 4.69) is 10.6 Å². The van der Waals surface area contributed by atoms with Gasteiger partial charge in [0, 0.05) is 4.70 Å². The third-order valence-electron chi connectivity index (χ3n) is 5.40. The minimum atomic E-state index is -1.36.